The summed E-state index contributed by atoms with van der Waals surface area (Å²) in [7, 11) is 0. The second-order valence-electron chi connectivity index (χ2n) is 5.64. The summed E-state index contributed by atoms with van der Waals surface area (Å²) in [6.45, 7) is 0. The van der Waals surface area contributed by atoms with Gasteiger partial charge in [0.25, 0.3) is 0 Å². The lowest BCUT2D eigenvalue weighted by atomic mass is 9.98. The Balaban J connectivity index is 2.23. The molecule has 5 rings (SSSR count). The fraction of sp³-hybridized carbons (Fsp3) is 0. The van der Waals surface area contributed by atoms with E-state index in [9.17, 15) is 0 Å². The van der Waals surface area contributed by atoms with Gasteiger partial charge in [-0.3, -0.25) is 0 Å². The molecule has 0 bridgehead atoms. The van der Waals surface area contributed by atoms with Gasteiger partial charge in [-0.25, -0.2) is 0 Å². The molecule has 3 aromatic carbocycles. The predicted molar refractivity (Wildman–Crippen MR) is 94.9 cm³/mol. The smallest absolute Gasteiger partial charge is 0.0613 e. The van der Waals surface area contributed by atoms with E-state index in [1.807, 2.05) is 6.07 Å². The Bertz CT molecular complexity index is 1180. The summed E-state index contributed by atoms with van der Waals surface area (Å²) >= 11 is 6.26. The Morgan fingerprint density at radius 3 is 2.32 bits per heavy atom. The topological polar surface area (TPSA) is 4.41 Å². The van der Waals surface area contributed by atoms with E-state index in [1.54, 1.807) is 0 Å². The molecule has 0 aliphatic rings. The summed E-state index contributed by atoms with van der Waals surface area (Å²) < 4.78 is 2.26. The lowest BCUT2D eigenvalue weighted by Gasteiger charge is -2.08. The number of fused-ring (bicyclic) bond motifs is 8. The maximum absolute atomic E-state index is 6.26. The van der Waals surface area contributed by atoms with Gasteiger partial charge in [0.1, 0.15) is 0 Å². The van der Waals surface area contributed by atoms with Crippen LogP contribution in [0.25, 0.3) is 38.0 Å². The molecule has 5 aromatic rings. The first-order valence-corrected chi connectivity index (χ1v) is 7.70. The molecule has 0 saturated carbocycles. The first-order chi connectivity index (χ1) is 10.8. The molecule has 0 amide bonds. The minimum Gasteiger partial charge on any atom is -0.316 e. The summed E-state index contributed by atoms with van der Waals surface area (Å²) in [5.41, 5.74) is 2.45. The largest absolute Gasteiger partial charge is 0.316 e. The van der Waals surface area contributed by atoms with E-state index < -0.39 is 0 Å². The molecule has 0 radical (unpaired) electrons. The fourth-order valence-corrected chi connectivity index (χ4v) is 3.67. The minimum absolute atomic E-state index is 0.777. The van der Waals surface area contributed by atoms with Gasteiger partial charge < -0.3 is 4.40 Å². The molecule has 0 atom stereocenters. The number of halogens is 1. The minimum atomic E-state index is 0.777. The molecule has 104 valence electrons. The van der Waals surface area contributed by atoms with Gasteiger partial charge in [0, 0.05) is 27.5 Å². The van der Waals surface area contributed by atoms with E-state index in [0.717, 1.165) is 5.02 Å². The molecule has 2 heteroatoms. The van der Waals surface area contributed by atoms with Crippen molar-refractivity contribution in [1.82, 2.24) is 4.40 Å². The van der Waals surface area contributed by atoms with Crippen LogP contribution in [-0.4, -0.2) is 4.40 Å². The van der Waals surface area contributed by atoms with Crippen molar-refractivity contribution in [3.8, 4) is 0 Å². The molecule has 2 aromatic heterocycles. The van der Waals surface area contributed by atoms with Crippen LogP contribution in [0, 0.1) is 0 Å². The van der Waals surface area contributed by atoms with Crippen LogP contribution < -0.4 is 0 Å². The second-order valence-corrected chi connectivity index (χ2v) is 6.07. The van der Waals surface area contributed by atoms with Crippen molar-refractivity contribution in [3.05, 3.63) is 77.9 Å². The monoisotopic (exact) mass is 301 g/mol. The number of hydrogen-bond acceptors (Lipinski definition) is 0. The number of hydrogen-bond donors (Lipinski definition) is 0. The van der Waals surface area contributed by atoms with Crippen LogP contribution in [0.3, 0.4) is 0 Å². The molecule has 22 heavy (non-hydrogen) atoms. The van der Waals surface area contributed by atoms with E-state index in [2.05, 4.69) is 71.3 Å². The Morgan fingerprint density at radius 1 is 0.636 bits per heavy atom. The summed E-state index contributed by atoms with van der Waals surface area (Å²) in [6.07, 6.45) is 2.13. The van der Waals surface area contributed by atoms with Crippen LogP contribution >= 0.6 is 11.6 Å². The average molecular weight is 302 g/mol. The van der Waals surface area contributed by atoms with Crippen molar-refractivity contribution >= 4 is 49.6 Å². The van der Waals surface area contributed by atoms with Crippen LogP contribution in [0.15, 0.2) is 72.9 Å². The molecule has 0 fully saturated rings. The van der Waals surface area contributed by atoms with Crippen molar-refractivity contribution in [1.29, 1.82) is 0 Å². The van der Waals surface area contributed by atoms with Gasteiger partial charge >= 0.3 is 0 Å². The highest BCUT2D eigenvalue weighted by Gasteiger charge is 2.12. The molecule has 0 N–H and O–H groups in total. The normalized spacial score (nSPS) is 11.9. The third-order valence-electron chi connectivity index (χ3n) is 4.42. The Hall–Kier alpha value is -2.51. The van der Waals surface area contributed by atoms with Gasteiger partial charge in [-0.05, 0) is 46.5 Å². The van der Waals surface area contributed by atoms with Crippen LogP contribution in [0.1, 0.15) is 0 Å². The maximum Gasteiger partial charge on any atom is 0.0613 e. The van der Waals surface area contributed by atoms with E-state index in [1.165, 1.54) is 38.0 Å². The summed E-state index contributed by atoms with van der Waals surface area (Å²) in [5, 5.41) is 7.04. The number of benzene rings is 3. The number of nitrogens with zero attached hydrogens (tertiary/aromatic N) is 1. The highest BCUT2D eigenvalue weighted by molar-refractivity contribution is 6.33. The highest BCUT2D eigenvalue weighted by atomic mass is 35.5. The Kier molecular flexibility index (Phi) is 2.33. The van der Waals surface area contributed by atoms with Crippen molar-refractivity contribution in [2.24, 2.45) is 0 Å². The molecule has 2 heterocycles. The third kappa shape index (κ3) is 1.49. The standard InChI is InChI=1S/C20H12ClN/c21-13-8-9-16-15-6-1-2-7-17(15)20-19(18(16)11-13)12-14-5-3-4-10-22(14)20/h1-12H. The molecule has 1 nitrogen and oxygen atoms in total. The fourth-order valence-electron chi connectivity index (χ4n) is 3.50. The van der Waals surface area contributed by atoms with Gasteiger partial charge in [-0.15, -0.1) is 0 Å². The van der Waals surface area contributed by atoms with Gasteiger partial charge in [-0.2, -0.15) is 0 Å². The first kappa shape index (κ1) is 12.1. The zero-order valence-electron chi connectivity index (χ0n) is 11.8. The zero-order valence-corrected chi connectivity index (χ0v) is 12.5. The van der Waals surface area contributed by atoms with Crippen molar-refractivity contribution < 1.29 is 0 Å². The number of rotatable bonds is 0. The molecule has 0 aliphatic carbocycles. The highest BCUT2D eigenvalue weighted by Crippen LogP contribution is 2.37. The quantitative estimate of drug-likeness (QED) is 0.307. The SMILES string of the molecule is Clc1ccc2c3ccccc3c3c(cc4ccccn43)c2c1. The molecule has 0 aliphatic heterocycles. The summed E-state index contributed by atoms with van der Waals surface area (Å²) in [5.74, 6) is 0. The van der Waals surface area contributed by atoms with Crippen LogP contribution in [0.5, 0.6) is 0 Å². The third-order valence-corrected chi connectivity index (χ3v) is 4.66. The van der Waals surface area contributed by atoms with Crippen LogP contribution in [0.4, 0.5) is 0 Å². The van der Waals surface area contributed by atoms with Crippen molar-refractivity contribution in [2.75, 3.05) is 0 Å². The van der Waals surface area contributed by atoms with Gasteiger partial charge in [-0.1, -0.05) is 48.0 Å². The molecule has 0 spiro atoms. The molecule has 0 saturated heterocycles. The van der Waals surface area contributed by atoms with Crippen LogP contribution in [0.2, 0.25) is 5.02 Å². The summed E-state index contributed by atoms with van der Waals surface area (Å²) in [6, 6.07) is 23.3. The lowest BCUT2D eigenvalue weighted by molar-refractivity contribution is 1.26. The van der Waals surface area contributed by atoms with Crippen molar-refractivity contribution in [3.63, 3.8) is 0 Å². The zero-order chi connectivity index (χ0) is 14.7. The predicted octanol–water partition coefficient (Wildman–Crippen LogP) is 6.05. The number of pyridine rings is 1. The van der Waals surface area contributed by atoms with Crippen molar-refractivity contribution in [2.45, 2.75) is 0 Å². The molecular formula is C20H12ClN. The van der Waals surface area contributed by atoms with E-state index in [4.69, 9.17) is 11.6 Å². The van der Waals surface area contributed by atoms with E-state index in [-0.39, 0.29) is 0 Å². The van der Waals surface area contributed by atoms with Gasteiger partial charge in [0.05, 0.1) is 5.52 Å². The Morgan fingerprint density at radius 2 is 1.41 bits per heavy atom. The lowest BCUT2D eigenvalue weighted by Crippen LogP contribution is -1.85. The molecule has 0 unspecified atom stereocenters. The maximum atomic E-state index is 6.26. The van der Waals surface area contributed by atoms with Crippen LogP contribution in [-0.2, 0) is 0 Å². The second kappa shape index (κ2) is 4.25. The van der Waals surface area contributed by atoms with Gasteiger partial charge in [0.15, 0.2) is 0 Å². The Labute approximate surface area is 132 Å². The number of aromatic nitrogens is 1. The van der Waals surface area contributed by atoms with E-state index >= 15 is 0 Å². The first-order valence-electron chi connectivity index (χ1n) is 7.33. The average Bonchev–Trinajstić information content (AvgIpc) is 2.95. The summed E-state index contributed by atoms with van der Waals surface area (Å²) in [4.78, 5) is 0. The van der Waals surface area contributed by atoms with Gasteiger partial charge in [0.2, 0.25) is 0 Å². The molecular weight excluding hydrogens is 290 g/mol. The van der Waals surface area contributed by atoms with E-state index in [0.29, 0.717) is 0 Å².